The highest BCUT2D eigenvalue weighted by Crippen LogP contribution is 2.30. The number of urea groups is 1. The van der Waals surface area contributed by atoms with E-state index in [4.69, 9.17) is 9.47 Å². The van der Waals surface area contributed by atoms with Crippen molar-refractivity contribution in [2.24, 2.45) is 0 Å². The molecule has 0 radical (unpaired) electrons. The fraction of sp³-hybridized carbons (Fsp3) is 0.429. The molecule has 0 atom stereocenters. The van der Waals surface area contributed by atoms with Gasteiger partial charge in [-0.3, -0.25) is 0 Å². The summed E-state index contributed by atoms with van der Waals surface area (Å²) in [4.78, 5) is 19.0. The van der Waals surface area contributed by atoms with E-state index in [-0.39, 0.29) is 6.03 Å². The molecule has 2 amide bonds. The molecular formula is C21H28N4O3. The molecule has 0 spiro atoms. The molecule has 7 nitrogen and oxygen atoms in total. The molecule has 1 fully saturated rings. The Morgan fingerprint density at radius 3 is 2.61 bits per heavy atom. The minimum atomic E-state index is -0.235. The lowest BCUT2D eigenvalue weighted by Crippen LogP contribution is -2.35. The van der Waals surface area contributed by atoms with Crippen LogP contribution in [0.3, 0.4) is 0 Å². The second-order valence-electron chi connectivity index (χ2n) is 6.76. The maximum absolute atomic E-state index is 12.2. The fourth-order valence-corrected chi connectivity index (χ4v) is 3.38. The van der Waals surface area contributed by atoms with Crippen molar-refractivity contribution in [1.82, 2.24) is 15.6 Å². The number of ether oxygens (including phenoxy) is 2. The maximum atomic E-state index is 12.2. The summed E-state index contributed by atoms with van der Waals surface area (Å²) in [5.41, 5.74) is 1.89. The molecule has 0 aliphatic carbocycles. The van der Waals surface area contributed by atoms with Crippen LogP contribution in [0.5, 0.6) is 11.5 Å². The van der Waals surface area contributed by atoms with Crippen LogP contribution in [0.1, 0.15) is 30.4 Å². The van der Waals surface area contributed by atoms with E-state index < -0.39 is 0 Å². The molecule has 0 saturated carbocycles. The van der Waals surface area contributed by atoms with Gasteiger partial charge in [-0.25, -0.2) is 9.78 Å². The summed E-state index contributed by atoms with van der Waals surface area (Å²) in [6.45, 7) is 2.89. The number of methoxy groups -OCH3 is 2. The van der Waals surface area contributed by atoms with Crippen molar-refractivity contribution in [3.05, 3.63) is 47.7 Å². The van der Waals surface area contributed by atoms with Crippen molar-refractivity contribution >= 4 is 11.8 Å². The largest absolute Gasteiger partial charge is 0.493 e. The molecular weight excluding hydrogens is 356 g/mol. The number of nitrogens with zero attached hydrogens (tertiary/aromatic N) is 2. The number of piperidine rings is 1. The van der Waals surface area contributed by atoms with E-state index in [1.807, 2.05) is 24.3 Å². The number of hydrogen-bond acceptors (Lipinski definition) is 5. The zero-order chi connectivity index (χ0) is 19.8. The number of benzene rings is 1. The molecule has 3 rings (SSSR count). The number of carbonyl (C=O) groups is 1. The van der Waals surface area contributed by atoms with Crippen molar-refractivity contribution in [2.75, 3.05) is 32.2 Å². The molecule has 1 aliphatic rings. The van der Waals surface area contributed by atoms with Crippen LogP contribution >= 0.6 is 0 Å². The number of nitrogens with one attached hydrogen (secondary N) is 2. The second-order valence-corrected chi connectivity index (χ2v) is 6.76. The van der Waals surface area contributed by atoms with E-state index in [1.165, 1.54) is 19.3 Å². The summed E-state index contributed by atoms with van der Waals surface area (Å²) < 4.78 is 10.7. The Kier molecular flexibility index (Phi) is 6.94. The van der Waals surface area contributed by atoms with Crippen LogP contribution in [-0.2, 0) is 13.1 Å². The molecule has 28 heavy (non-hydrogen) atoms. The first-order valence-corrected chi connectivity index (χ1v) is 9.62. The highest BCUT2D eigenvalue weighted by atomic mass is 16.5. The predicted molar refractivity (Wildman–Crippen MR) is 109 cm³/mol. The van der Waals surface area contributed by atoms with Gasteiger partial charge in [0.05, 0.1) is 14.2 Å². The lowest BCUT2D eigenvalue weighted by molar-refractivity contribution is 0.240. The van der Waals surface area contributed by atoms with Gasteiger partial charge < -0.3 is 25.0 Å². The monoisotopic (exact) mass is 384 g/mol. The third-order valence-corrected chi connectivity index (χ3v) is 4.87. The topological polar surface area (TPSA) is 75.7 Å². The average Bonchev–Trinajstić information content (AvgIpc) is 2.76. The van der Waals surface area contributed by atoms with Gasteiger partial charge in [0, 0.05) is 37.9 Å². The molecule has 1 aromatic heterocycles. The zero-order valence-corrected chi connectivity index (χ0v) is 16.5. The van der Waals surface area contributed by atoms with Gasteiger partial charge in [-0.05, 0) is 43.0 Å². The van der Waals surface area contributed by atoms with E-state index in [2.05, 4.69) is 26.6 Å². The van der Waals surface area contributed by atoms with E-state index in [1.54, 1.807) is 20.4 Å². The summed E-state index contributed by atoms with van der Waals surface area (Å²) in [5.74, 6) is 2.26. The van der Waals surface area contributed by atoms with Crippen LogP contribution < -0.4 is 25.0 Å². The number of hydrogen-bond donors (Lipinski definition) is 2. The first kappa shape index (κ1) is 19.8. The second kappa shape index (κ2) is 9.82. The Bertz CT molecular complexity index is 791. The Hall–Kier alpha value is -2.96. The van der Waals surface area contributed by atoms with Gasteiger partial charge in [-0.2, -0.15) is 0 Å². The van der Waals surface area contributed by atoms with Crippen LogP contribution in [0.2, 0.25) is 0 Å². The quantitative estimate of drug-likeness (QED) is 0.767. The van der Waals surface area contributed by atoms with Crippen LogP contribution in [0.4, 0.5) is 10.6 Å². The molecule has 1 aromatic carbocycles. The predicted octanol–water partition coefficient (Wildman–Crippen LogP) is 3.09. The molecule has 2 N–H and O–H groups in total. The van der Waals surface area contributed by atoms with E-state index in [0.29, 0.717) is 24.6 Å². The first-order chi connectivity index (χ1) is 13.7. The molecule has 2 aromatic rings. The summed E-state index contributed by atoms with van der Waals surface area (Å²) in [5, 5.41) is 5.76. The summed E-state index contributed by atoms with van der Waals surface area (Å²) in [7, 11) is 3.18. The minimum Gasteiger partial charge on any atom is -0.493 e. The van der Waals surface area contributed by atoms with Gasteiger partial charge in [-0.1, -0.05) is 12.1 Å². The van der Waals surface area contributed by atoms with Crippen molar-refractivity contribution < 1.29 is 14.3 Å². The molecule has 1 aliphatic heterocycles. The summed E-state index contributed by atoms with van der Waals surface area (Å²) in [6, 6.07) is 9.34. The van der Waals surface area contributed by atoms with Gasteiger partial charge in [0.15, 0.2) is 11.5 Å². The van der Waals surface area contributed by atoms with Gasteiger partial charge in [0.1, 0.15) is 5.82 Å². The van der Waals surface area contributed by atoms with E-state index in [9.17, 15) is 4.79 Å². The Labute approximate surface area is 166 Å². The lowest BCUT2D eigenvalue weighted by Gasteiger charge is -2.27. The summed E-state index contributed by atoms with van der Waals surface area (Å²) in [6.07, 6.45) is 5.51. The van der Waals surface area contributed by atoms with Crippen molar-refractivity contribution in [3.63, 3.8) is 0 Å². The van der Waals surface area contributed by atoms with E-state index >= 15 is 0 Å². The van der Waals surface area contributed by atoms with Gasteiger partial charge in [0.25, 0.3) is 0 Å². The zero-order valence-electron chi connectivity index (χ0n) is 16.5. The number of aromatic nitrogens is 1. The van der Waals surface area contributed by atoms with Crippen LogP contribution in [0.15, 0.2) is 36.5 Å². The highest BCUT2D eigenvalue weighted by Gasteiger charge is 2.13. The van der Waals surface area contributed by atoms with E-state index in [0.717, 1.165) is 30.0 Å². The first-order valence-electron chi connectivity index (χ1n) is 9.62. The van der Waals surface area contributed by atoms with Gasteiger partial charge >= 0.3 is 6.03 Å². The molecule has 7 heteroatoms. The van der Waals surface area contributed by atoms with Gasteiger partial charge in [0.2, 0.25) is 0 Å². The Morgan fingerprint density at radius 1 is 1.07 bits per heavy atom. The molecule has 0 unspecified atom stereocenters. The number of anilines is 1. The number of rotatable bonds is 7. The number of carbonyl (C=O) groups excluding carboxylic acids is 1. The number of pyridine rings is 1. The third kappa shape index (κ3) is 5.06. The van der Waals surface area contributed by atoms with Crippen molar-refractivity contribution in [1.29, 1.82) is 0 Å². The molecule has 2 heterocycles. The minimum absolute atomic E-state index is 0.235. The number of para-hydroxylation sites is 1. The molecule has 150 valence electrons. The van der Waals surface area contributed by atoms with Crippen LogP contribution in [-0.4, -0.2) is 38.3 Å². The molecule has 1 saturated heterocycles. The van der Waals surface area contributed by atoms with Crippen LogP contribution in [0.25, 0.3) is 0 Å². The fourth-order valence-electron chi connectivity index (χ4n) is 3.38. The van der Waals surface area contributed by atoms with Crippen molar-refractivity contribution in [2.45, 2.75) is 32.4 Å². The number of amides is 2. The SMILES string of the molecule is COc1cccc(CNC(=O)NCc2ccnc(N3CCCCC3)c2)c1OC. The maximum Gasteiger partial charge on any atom is 0.315 e. The smallest absolute Gasteiger partial charge is 0.315 e. The van der Waals surface area contributed by atoms with Crippen molar-refractivity contribution in [3.8, 4) is 11.5 Å². The third-order valence-electron chi connectivity index (χ3n) is 4.87. The molecule has 0 bridgehead atoms. The highest BCUT2D eigenvalue weighted by molar-refractivity contribution is 5.74. The summed E-state index contributed by atoms with van der Waals surface area (Å²) >= 11 is 0. The van der Waals surface area contributed by atoms with Gasteiger partial charge in [-0.15, -0.1) is 0 Å². The average molecular weight is 384 g/mol. The Balaban J connectivity index is 1.52. The Morgan fingerprint density at radius 2 is 1.86 bits per heavy atom. The lowest BCUT2D eigenvalue weighted by atomic mass is 10.1. The normalized spacial score (nSPS) is 13.7. The van der Waals surface area contributed by atoms with Crippen LogP contribution in [0, 0.1) is 0 Å². The standard InChI is InChI=1S/C21H28N4O3/c1-27-18-8-6-7-17(20(18)28-2)15-24-21(26)23-14-16-9-10-22-19(13-16)25-11-4-3-5-12-25/h6-10,13H,3-5,11-12,14-15H2,1-2H3,(H2,23,24,26).